The van der Waals surface area contributed by atoms with Gasteiger partial charge in [-0.1, -0.05) is 58.3 Å². The molecule has 0 rings (SSSR count). The number of rotatable bonds is 20. The molecule has 0 aromatic carbocycles. The first kappa shape index (κ1) is 30.7. The summed E-state index contributed by atoms with van der Waals surface area (Å²) in [7, 11) is 0. The first-order valence-electron chi connectivity index (χ1n) is 10.4. The van der Waals surface area contributed by atoms with Crippen LogP contribution in [0.2, 0.25) is 0 Å². The molecule has 0 fully saturated rings. The molecule has 0 bridgehead atoms. The van der Waals surface area contributed by atoms with Crippen molar-refractivity contribution in [2.75, 3.05) is 26.2 Å². The third-order valence-corrected chi connectivity index (χ3v) is 4.62. The fourth-order valence-electron chi connectivity index (χ4n) is 3.15. The van der Waals surface area contributed by atoms with Crippen LogP contribution in [-0.2, 0) is 36.0 Å². The normalized spacial score (nSPS) is 11.7. The molecule has 0 aliphatic heterocycles. The smallest absolute Gasteiger partial charge is 0.549 e. The number of nitrogens with zero attached hydrogens (tertiary/aromatic N) is 1. The Kier molecular flexibility index (Phi) is 19.9. The minimum Gasteiger partial charge on any atom is -0.549 e. The minimum atomic E-state index is -1.51. The van der Waals surface area contributed by atoms with Gasteiger partial charge in [0.1, 0.15) is 0 Å². The number of aliphatic carboxylic acids is 3. The second kappa shape index (κ2) is 19.5. The maximum atomic E-state index is 12.6. The van der Waals surface area contributed by atoms with Gasteiger partial charge in [0.2, 0.25) is 0 Å². The zero-order chi connectivity index (χ0) is 22.1. The zero-order valence-corrected chi connectivity index (χ0v) is 18.7. The maximum absolute atomic E-state index is 12.6. The Bertz CT molecular complexity index is 501. The van der Waals surface area contributed by atoms with E-state index in [0.717, 1.165) is 24.2 Å². The molecule has 1 atom stereocenters. The van der Waals surface area contributed by atoms with Crippen molar-refractivity contribution in [2.45, 2.75) is 77.2 Å². The molecular formula is C20H34CoN2O7. The summed E-state index contributed by atoms with van der Waals surface area (Å²) in [6, 6.07) is -1.06. The second-order valence-corrected chi connectivity index (χ2v) is 7.23. The van der Waals surface area contributed by atoms with E-state index in [1.165, 1.54) is 32.1 Å². The zero-order valence-electron chi connectivity index (χ0n) is 17.7. The maximum Gasteiger partial charge on any atom is 2.00 e. The Morgan fingerprint density at radius 1 is 0.867 bits per heavy atom. The van der Waals surface area contributed by atoms with E-state index in [1.807, 2.05) is 0 Å². The Labute approximate surface area is 188 Å². The van der Waals surface area contributed by atoms with E-state index in [1.54, 1.807) is 0 Å². The number of carboxylic acids is 3. The van der Waals surface area contributed by atoms with Gasteiger partial charge < -0.3 is 30.2 Å². The summed E-state index contributed by atoms with van der Waals surface area (Å²) in [6.07, 6.45) is 9.85. The van der Waals surface area contributed by atoms with Crippen LogP contribution in [0.5, 0.6) is 0 Å². The quantitative estimate of drug-likeness (QED) is 0.219. The molecule has 0 saturated heterocycles. The Hall–Kier alpha value is -1.49. The predicted octanol–water partition coefficient (Wildman–Crippen LogP) is -0.681. The van der Waals surface area contributed by atoms with E-state index in [9.17, 15) is 29.4 Å². The first-order valence-corrected chi connectivity index (χ1v) is 10.4. The molecule has 10 heteroatoms. The molecule has 175 valence electrons. The van der Waals surface area contributed by atoms with Gasteiger partial charge in [0.05, 0.1) is 24.5 Å². The van der Waals surface area contributed by atoms with Crippen LogP contribution in [0.15, 0.2) is 0 Å². The summed E-state index contributed by atoms with van der Waals surface area (Å²) in [5, 5.41) is 33.0. The van der Waals surface area contributed by atoms with Gasteiger partial charge in [0.15, 0.2) is 5.78 Å². The van der Waals surface area contributed by atoms with Gasteiger partial charge in [0, 0.05) is 26.1 Å². The van der Waals surface area contributed by atoms with Crippen LogP contribution in [0.1, 0.15) is 71.1 Å². The Morgan fingerprint density at radius 2 is 1.40 bits per heavy atom. The number of nitrogens with one attached hydrogen (secondary N) is 1. The number of carbonyl (C=O) groups is 4. The van der Waals surface area contributed by atoms with Crippen molar-refractivity contribution in [2.24, 2.45) is 0 Å². The van der Waals surface area contributed by atoms with Crippen LogP contribution in [0, 0.1) is 0 Å². The van der Waals surface area contributed by atoms with Crippen molar-refractivity contribution in [1.82, 2.24) is 10.2 Å². The summed E-state index contributed by atoms with van der Waals surface area (Å²) in [6.45, 7) is 0.0877. The average molecular weight is 473 g/mol. The summed E-state index contributed by atoms with van der Waals surface area (Å²) >= 11 is 0. The molecule has 9 nitrogen and oxygen atoms in total. The molecule has 1 unspecified atom stereocenters. The predicted molar refractivity (Wildman–Crippen MR) is 103 cm³/mol. The van der Waals surface area contributed by atoms with Gasteiger partial charge in [-0.25, -0.2) is 0 Å². The third-order valence-electron chi connectivity index (χ3n) is 4.62. The van der Waals surface area contributed by atoms with Crippen LogP contribution in [0.25, 0.3) is 0 Å². The van der Waals surface area contributed by atoms with E-state index >= 15 is 0 Å². The number of carbonyl (C=O) groups excluding carboxylic acids is 3. The number of hydrogen-bond acceptors (Lipinski definition) is 8. The van der Waals surface area contributed by atoms with Crippen LogP contribution in [0.3, 0.4) is 0 Å². The number of Topliss-reactive ketones (excluding diaryl/α,β-unsaturated/α-hetero) is 1. The van der Waals surface area contributed by atoms with Gasteiger partial charge in [-0.3, -0.25) is 14.5 Å². The third kappa shape index (κ3) is 17.4. The molecule has 0 heterocycles. The molecule has 0 saturated carbocycles. The van der Waals surface area contributed by atoms with E-state index in [2.05, 4.69) is 12.2 Å². The molecule has 0 aliphatic carbocycles. The molecule has 2 N–H and O–H groups in total. The summed E-state index contributed by atoms with van der Waals surface area (Å²) < 4.78 is 0. The number of carboxylic acid groups (broad SMARTS) is 3. The summed E-state index contributed by atoms with van der Waals surface area (Å²) in [5.74, 6) is -4.49. The van der Waals surface area contributed by atoms with Crippen LogP contribution in [0.4, 0.5) is 0 Å². The van der Waals surface area contributed by atoms with Crippen LogP contribution in [-0.4, -0.2) is 65.9 Å². The van der Waals surface area contributed by atoms with Crippen LogP contribution < -0.4 is 15.5 Å². The van der Waals surface area contributed by atoms with Crippen LogP contribution >= 0.6 is 0 Å². The van der Waals surface area contributed by atoms with Gasteiger partial charge in [-0.05, 0) is 6.42 Å². The Morgan fingerprint density at radius 3 is 1.87 bits per heavy atom. The molecule has 0 amide bonds. The second-order valence-electron chi connectivity index (χ2n) is 7.23. The minimum absolute atomic E-state index is 0. The SMILES string of the molecule is CCCCCCCCCCCC(=O)C(CNCC(=O)[O-])N(CC(=O)[O-])CC(=O)O.[Co+2]. The van der Waals surface area contributed by atoms with Crippen molar-refractivity contribution in [1.29, 1.82) is 0 Å². The number of ketones is 1. The van der Waals surface area contributed by atoms with Gasteiger partial charge in [0.25, 0.3) is 0 Å². The van der Waals surface area contributed by atoms with Crippen molar-refractivity contribution in [3.8, 4) is 0 Å². The molecule has 1 radical (unpaired) electrons. The largest absolute Gasteiger partial charge is 2.00 e. The van der Waals surface area contributed by atoms with Crippen molar-refractivity contribution in [3.63, 3.8) is 0 Å². The first-order chi connectivity index (χ1) is 13.8. The monoisotopic (exact) mass is 473 g/mol. The fraction of sp³-hybridized carbons (Fsp3) is 0.800. The van der Waals surface area contributed by atoms with E-state index in [0.29, 0.717) is 6.42 Å². The molecule has 30 heavy (non-hydrogen) atoms. The molecule has 0 aliphatic rings. The average Bonchev–Trinajstić information content (AvgIpc) is 2.62. The topological polar surface area (TPSA) is 150 Å². The van der Waals surface area contributed by atoms with Crippen molar-refractivity contribution >= 4 is 23.7 Å². The van der Waals surface area contributed by atoms with Crippen molar-refractivity contribution < 1.29 is 51.3 Å². The number of unbranched alkanes of at least 4 members (excludes halogenated alkanes) is 8. The van der Waals surface area contributed by atoms with Gasteiger partial charge in [-0.2, -0.15) is 0 Å². The van der Waals surface area contributed by atoms with E-state index in [-0.39, 0.29) is 35.5 Å². The van der Waals surface area contributed by atoms with E-state index < -0.39 is 43.6 Å². The summed E-state index contributed by atoms with van der Waals surface area (Å²) in [4.78, 5) is 46.1. The Balaban J connectivity index is 0. The molecule has 0 aromatic rings. The van der Waals surface area contributed by atoms with Gasteiger partial charge in [-0.15, -0.1) is 0 Å². The van der Waals surface area contributed by atoms with E-state index in [4.69, 9.17) is 5.11 Å². The number of hydrogen-bond donors (Lipinski definition) is 2. The molecule has 0 aromatic heterocycles. The standard InChI is InChI=1S/C20H36N2O7.Co/c1-2-3-4-5-6-7-8-9-10-11-17(23)16(12-21-13-18(24)25)22(14-19(26)27)15-20(28)29;/h16,21H,2-15H2,1H3,(H,24,25)(H,26,27)(H,28,29);/q;+2/p-2. The molecule has 0 spiro atoms. The van der Waals surface area contributed by atoms with Gasteiger partial charge >= 0.3 is 22.7 Å². The summed E-state index contributed by atoms with van der Waals surface area (Å²) in [5.41, 5.74) is 0. The fourth-order valence-corrected chi connectivity index (χ4v) is 3.15. The molecular weight excluding hydrogens is 439 g/mol. The van der Waals surface area contributed by atoms with Crippen molar-refractivity contribution in [3.05, 3.63) is 0 Å².